The first-order chi connectivity index (χ1) is 7.93. The number of rotatable bonds is 6. The fourth-order valence-corrected chi connectivity index (χ4v) is 2.41. The Labute approximate surface area is 113 Å². The maximum atomic E-state index is 6.21. The van der Waals surface area contributed by atoms with Crippen molar-refractivity contribution in [2.75, 3.05) is 5.88 Å². The second kappa shape index (κ2) is 6.07. The molecule has 3 nitrogen and oxygen atoms in total. The molecule has 0 saturated carbocycles. The van der Waals surface area contributed by atoms with Gasteiger partial charge in [0.25, 0.3) is 0 Å². The molecule has 1 N–H and O–H groups in total. The molecule has 0 spiro atoms. The average molecular weight is 278 g/mol. The van der Waals surface area contributed by atoms with Gasteiger partial charge in [-0.3, -0.25) is 4.68 Å². The van der Waals surface area contributed by atoms with E-state index in [0.717, 1.165) is 35.8 Å². The Morgan fingerprint density at radius 2 is 2.12 bits per heavy atom. The van der Waals surface area contributed by atoms with E-state index in [-0.39, 0.29) is 5.54 Å². The summed E-state index contributed by atoms with van der Waals surface area (Å²) < 4.78 is 1.83. The third-order valence-electron chi connectivity index (χ3n) is 3.37. The van der Waals surface area contributed by atoms with Crippen molar-refractivity contribution in [2.45, 2.75) is 45.7 Å². The number of nitrogens with zero attached hydrogens (tertiary/aromatic N) is 2. The molecule has 1 unspecified atom stereocenters. The van der Waals surface area contributed by atoms with Gasteiger partial charge in [-0.1, -0.05) is 18.5 Å². The number of hydrogen-bond acceptors (Lipinski definition) is 2. The van der Waals surface area contributed by atoms with E-state index in [4.69, 9.17) is 23.2 Å². The van der Waals surface area contributed by atoms with Gasteiger partial charge in [0.15, 0.2) is 0 Å². The van der Waals surface area contributed by atoms with Gasteiger partial charge in [0.1, 0.15) is 0 Å². The highest BCUT2D eigenvalue weighted by Gasteiger charge is 2.22. The summed E-state index contributed by atoms with van der Waals surface area (Å²) in [5, 5.41) is 8.58. The third kappa shape index (κ3) is 3.60. The number of alkyl halides is 1. The zero-order valence-corrected chi connectivity index (χ0v) is 12.5. The molecule has 17 heavy (non-hydrogen) atoms. The molecule has 1 heterocycles. The van der Waals surface area contributed by atoms with Crippen LogP contribution < -0.4 is 5.32 Å². The topological polar surface area (TPSA) is 29.9 Å². The van der Waals surface area contributed by atoms with Crippen LogP contribution in [0, 0.1) is 6.92 Å². The van der Waals surface area contributed by atoms with Crippen molar-refractivity contribution < 1.29 is 0 Å². The molecule has 98 valence electrons. The first-order valence-corrected chi connectivity index (χ1v) is 6.83. The van der Waals surface area contributed by atoms with E-state index >= 15 is 0 Å². The molecular weight excluding hydrogens is 257 g/mol. The van der Waals surface area contributed by atoms with Crippen LogP contribution in [0.4, 0.5) is 0 Å². The van der Waals surface area contributed by atoms with Crippen LogP contribution in [0.2, 0.25) is 5.02 Å². The Kier molecular flexibility index (Phi) is 5.29. The first kappa shape index (κ1) is 14.8. The molecule has 0 aliphatic heterocycles. The van der Waals surface area contributed by atoms with Crippen molar-refractivity contribution in [3.8, 4) is 0 Å². The van der Waals surface area contributed by atoms with E-state index in [1.807, 2.05) is 18.7 Å². The Morgan fingerprint density at radius 1 is 1.47 bits per heavy atom. The van der Waals surface area contributed by atoms with Crippen molar-refractivity contribution in [2.24, 2.45) is 7.05 Å². The van der Waals surface area contributed by atoms with E-state index in [0.29, 0.717) is 5.88 Å². The highest BCUT2D eigenvalue weighted by atomic mass is 35.5. The monoisotopic (exact) mass is 277 g/mol. The van der Waals surface area contributed by atoms with Gasteiger partial charge in [0.05, 0.1) is 16.4 Å². The zero-order chi connectivity index (χ0) is 13.1. The molecule has 0 aliphatic carbocycles. The van der Waals surface area contributed by atoms with Gasteiger partial charge in [0.2, 0.25) is 0 Å². The number of halogens is 2. The second-order valence-corrected chi connectivity index (χ2v) is 5.43. The van der Waals surface area contributed by atoms with Gasteiger partial charge in [0, 0.05) is 25.0 Å². The summed E-state index contributed by atoms with van der Waals surface area (Å²) in [4.78, 5) is 0. The lowest BCUT2D eigenvalue weighted by molar-refractivity contribution is 0.327. The molecule has 1 aromatic rings. The lowest BCUT2D eigenvalue weighted by atomic mass is 9.95. The van der Waals surface area contributed by atoms with Crippen molar-refractivity contribution in [3.63, 3.8) is 0 Å². The van der Waals surface area contributed by atoms with E-state index in [1.165, 1.54) is 0 Å². The lowest BCUT2D eigenvalue weighted by Crippen LogP contribution is -2.42. The number of aryl methyl sites for hydroxylation is 2. The third-order valence-corrected chi connectivity index (χ3v) is 4.05. The maximum Gasteiger partial charge on any atom is 0.0860 e. The molecule has 0 aliphatic rings. The van der Waals surface area contributed by atoms with Crippen molar-refractivity contribution in [1.82, 2.24) is 15.1 Å². The zero-order valence-electron chi connectivity index (χ0n) is 11.0. The van der Waals surface area contributed by atoms with Gasteiger partial charge in [-0.05, 0) is 26.7 Å². The minimum atomic E-state index is 0.0588. The van der Waals surface area contributed by atoms with Crippen molar-refractivity contribution in [1.29, 1.82) is 0 Å². The molecule has 0 fully saturated rings. The molecule has 0 amide bonds. The highest BCUT2D eigenvalue weighted by Crippen LogP contribution is 2.21. The van der Waals surface area contributed by atoms with Gasteiger partial charge in [-0.25, -0.2) is 0 Å². The SMILES string of the molecule is CCC(C)(CCCl)NCc1c(Cl)c(C)nn1C. The minimum absolute atomic E-state index is 0.0588. The minimum Gasteiger partial charge on any atom is -0.306 e. The predicted octanol–water partition coefficient (Wildman–Crippen LogP) is 3.27. The Hall–Kier alpha value is -0.250. The van der Waals surface area contributed by atoms with E-state index in [2.05, 4.69) is 24.3 Å². The van der Waals surface area contributed by atoms with E-state index < -0.39 is 0 Å². The smallest absolute Gasteiger partial charge is 0.0860 e. The molecule has 0 saturated heterocycles. The number of nitrogens with one attached hydrogen (secondary N) is 1. The fourth-order valence-electron chi connectivity index (χ4n) is 1.77. The molecule has 1 aromatic heterocycles. The van der Waals surface area contributed by atoms with Crippen LogP contribution in [0.5, 0.6) is 0 Å². The summed E-state index contributed by atoms with van der Waals surface area (Å²) in [7, 11) is 1.92. The molecule has 5 heteroatoms. The summed E-state index contributed by atoms with van der Waals surface area (Å²) in [6.45, 7) is 6.99. The van der Waals surface area contributed by atoms with Crippen LogP contribution >= 0.6 is 23.2 Å². The van der Waals surface area contributed by atoms with Crippen LogP contribution in [-0.2, 0) is 13.6 Å². The van der Waals surface area contributed by atoms with Gasteiger partial charge < -0.3 is 5.32 Å². The maximum absolute atomic E-state index is 6.21. The highest BCUT2D eigenvalue weighted by molar-refractivity contribution is 6.31. The van der Waals surface area contributed by atoms with Crippen molar-refractivity contribution >= 4 is 23.2 Å². The Morgan fingerprint density at radius 3 is 2.53 bits per heavy atom. The fraction of sp³-hybridized carbons (Fsp3) is 0.750. The molecule has 0 aromatic carbocycles. The van der Waals surface area contributed by atoms with E-state index in [9.17, 15) is 0 Å². The van der Waals surface area contributed by atoms with Gasteiger partial charge in [-0.2, -0.15) is 5.10 Å². The predicted molar refractivity (Wildman–Crippen MR) is 73.8 cm³/mol. The summed E-state index contributed by atoms with van der Waals surface area (Å²) in [5.41, 5.74) is 1.96. The van der Waals surface area contributed by atoms with Crippen molar-refractivity contribution in [3.05, 3.63) is 16.4 Å². The van der Waals surface area contributed by atoms with Crippen LogP contribution in [0.1, 0.15) is 38.1 Å². The second-order valence-electron chi connectivity index (χ2n) is 4.68. The standard InChI is InChI=1S/C12H21Cl2N3/c1-5-12(3,6-7-13)15-8-10-11(14)9(2)16-17(10)4/h15H,5-8H2,1-4H3. The number of hydrogen-bond donors (Lipinski definition) is 1. The van der Waals surface area contributed by atoms with Crippen LogP contribution in [0.25, 0.3) is 0 Å². The summed E-state index contributed by atoms with van der Waals surface area (Å²) in [6, 6.07) is 0. The summed E-state index contributed by atoms with van der Waals surface area (Å²) in [6.07, 6.45) is 1.98. The molecular formula is C12H21Cl2N3. The Balaban J connectivity index is 2.72. The van der Waals surface area contributed by atoms with Gasteiger partial charge >= 0.3 is 0 Å². The quantitative estimate of drug-likeness (QED) is 0.809. The van der Waals surface area contributed by atoms with Crippen LogP contribution in [0.15, 0.2) is 0 Å². The summed E-state index contributed by atoms with van der Waals surface area (Å²) in [5.74, 6) is 0.662. The Bertz CT molecular complexity index is 376. The van der Waals surface area contributed by atoms with Crippen LogP contribution in [0.3, 0.4) is 0 Å². The molecule has 0 bridgehead atoms. The van der Waals surface area contributed by atoms with Gasteiger partial charge in [-0.15, -0.1) is 11.6 Å². The first-order valence-electron chi connectivity index (χ1n) is 5.92. The normalized spacial score (nSPS) is 14.9. The molecule has 1 atom stereocenters. The number of aromatic nitrogens is 2. The van der Waals surface area contributed by atoms with Crippen LogP contribution in [-0.4, -0.2) is 21.2 Å². The summed E-state index contributed by atoms with van der Waals surface area (Å²) >= 11 is 12.0. The molecule has 0 radical (unpaired) electrons. The molecule has 1 rings (SSSR count). The average Bonchev–Trinajstić information content (AvgIpc) is 2.52. The largest absolute Gasteiger partial charge is 0.306 e. The van der Waals surface area contributed by atoms with E-state index in [1.54, 1.807) is 0 Å². The lowest BCUT2D eigenvalue weighted by Gasteiger charge is -2.29.